The maximum atomic E-state index is 12.5. The highest BCUT2D eigenvalue weighted by Gasteiger charge is 2.24. The summed E-state index contributed by atoms with van der Waals surface area (Å²) in [6.45, 7) is 13.6. The van der Waals surface area contributed by atoms with Gasteiger partial charge in [0, 0.05) is 65.4 Å². The van der Waals surface area contributed by atoms with E-state index in [2.05, 4.69) is 26.9 Å². The Balaban J connectivity index is 1.37. The van der Waals surface area contributed by atoms with Crippen molar-refractivity contribution in [1.82, 2.24) is 24.9 Å². The summed E-state index contributed by atoms with van der Waals surface area (Å²) < 4.78 is 5.34. The number of aliphatic imine (C=N–C) groups is 1. The van der Waals surface area contributed by atoms with Gasteiger partial charge < -0.3 is 29.9 Å². The third-order valence-corrected chi connectivity index (χ3v) is 6.18. The van der Waals surface area contributed by atoms with Crippen molar-refractivity contribution in [2.45, 2.75) is 32.3 Å². The Morgan fingerprint density at radius 1 is 1.00 bits per heavy atom. The molecule has 3 aliphatic rings. The number of nitrogens with one attached hydrogen (secondary N) is 1. The number of hydrogen-bond donors (Lipinski definition) is 2. The first-order valence-corrected chi connectivity index (χ1v) is 11.7. The molecule has 9 heteroatoms. The van der Waals surface area contributed by atoms with Crippen LogP contribution in [0.15, 0.2) is 4.99 Å². The van der Waals surface area contributed by atoms with Gasteiger partial charge in [0.05, 0.1) is 25.9 Å². The lowest BCUT2D eigenvalue weighted by Gasteiger charge is -2.37. The molecule has 0 unspecified atom stereocenters. The number of carbonyl (C=O) groups is 1. The molecule has 0 atom stereocenters. The van der Waals surface area contributed by atoms with Gasteiger partial charge in [0.25, 0.3) is 0 Å². The fourth-order valence-electron chi connectivity index (χ4n) is 4.27. The van der Waals surface area contributed by atoms with Gasteiger partial charge in [0.1, 0.15) is 0 Å². The van der Waals surface area contributed by atoms with Gasteiger partial charge in [-0.25, -0.2) is 0 Å². The van der Waals surface area contributed by atoms with Gasteiger partial charge in [-0.2, -0.15) is 0 Å². The predicted octanol–water partition coefficient (Wildman–Crippen LogP) is -0.725. The minimum absolute atomic E-state index is 0.109. The lowest BCUT2D eigenvalue weighted by atomic mass is 10.1. The zero-order chi connectivity index (χ0) is 21.2. The van der Waals surface area contributed by atoms with Crippen molar-refractivity contribution in [3.63, 3.8) is 0 Å². The van der Waals surface area contributed by atoms with Gasteiger partial charge in [0.2, 0.25) is 5.91 Å². The molecule has 3 rings (SSSR count). The summed E-state index contributed by atoms with van der Waals surface area (Å²) in [6, 6.07) is 0. The third-order valence-electron chi connectivity index (χ3n) is 6.18. The molecule has 0 aliphatic carbocycles. The summed E-state index contributed by atoms with van der Waals surface area (Å²) in [5.41, 5.74) is 0. The number of guanidine groups is 1. The second kappa shape index (κ2) is 12.4. The van der Waals surface area contributed by atoms with Crippen molar-refractivity contribution in [1.29, 1.82) is 0 Å². The van der Waals surface area contributed by atoms with Crippen LogP contribution in [0, 0.1) is 0 Å². The van der Waals surface area contributed by atoms with E-state index >= 15 is 0 Å². The van der Waals surface area contributed by atoms with Crippen LogP contribution in [0.5, 0.6) is 0 Å². The summed E-state index contributed by atoms with van der Waals surface area (Å²) in [5.74, 6) is 1.21. The Bertz CT molecular complexity index is 539. The van der Waals surface area contributed by atoms with E-state index in [4.69, 9.17) is 9.73 Å². The normalized spacial score (nSPS) is 23.1. The van der Waals surface area contributed by atoms with Crippen LogP contribution in [0.2, 0.25) is 0 Å². The molecule has 3 fully saturated rings. The molecule has 3 saturated heterocycles. The first kappa shape index (κ1) is 23.2. The van der Waals surface area contributed by atoms with Crippen LogP contribution in [0.4, 0.5) is 0 Å². The third kappa shape index (κ3) is 7.37. The van der Waals surface area contributed by atoms with Crippen molar-refractivity contribution in [3.05, 3.63) is 0 Å². The summed E-state index contributed by atoms with van der Waals surface area (Å²) in [6.07, 6.45) is 2.72. The van der Waals surface area contributed by atoms with E-state index in [1.165, 1.54) is 0 Å². The highest BCUT2D eigenvalue weighted by atomic mass is 16.5. The standard InChI is InChI=1S/C21H40N6O3/c1-2-22-21(23-6-3-7-24-8-4-19(28)5-9-24)27-12-10-25(11-13-27)18-20(29)26-14-16-30-17-15-26/h19,28H,2-18H2,1H3,(H,22,23). The number of piperazine rings is 1. The Hall–Kier alpha value is -1.42. The largest absolute Gasteiger partial charge is 0.393 e. The number of rotatable bonds is 7. The SMILES string of the molecule is CCNC(=NCCCN1CCC(O)CC1)N1CCN(CC(=O)N2CCOCC2)CC1. The van der Waals surface area contributed by atoms with Gasteiger partial charge >= 0.3 is 0 Å². The molecule has 0 radical (unpaired) electrons. The molecule has 30 heavy (non-hydrogen) atoms. The van der Waals surface area contributed by atoms with Crippen LogP contribution in [0.3, 0.4) is 0 Å². The molecule has 3 aliphatic heterocycles. The van der Waals surface area contributed by atoms with E-state index in [9.17, 15) is 9.90 Å². The summed E-state index contributed by atoms with van der Waals surface area (Å²) >= 11 is 0. The Morgan fingerprint density at radius 3 is 2.37 bits per heavy atom. The van der Waals surface area contributed by atoms with Crippen molar-refractivity contribution in [2.24, 2.45) is 4.99 Å². The zero-order valence-corrected chi connectivity index (χ0v) is 18.6. The van der Waals surface area contributed by atoms with Crippen molar-refractivity contribution < 1.29 is 14.6 Å². The van der Waals surface area contributed by atoms with E-state index in [1.54, 1.807) is 0 Å². The van der Waals surface area contributed by atoms with E-state index < -0.39 is 0 Å². The maximum Gasteiger partial charge on any atom is 0.236 e. The Morgan fingerprint density at radius 2 is 1.70 bits per heavy atom. The predicted molar refractivity (Wildman–Crippen MR) is 118 cm³/mol. The van der Waals surface area contributed by atoms with Gasteiger partial charge in [-0.3, -0.25) is 14.7 Å². The first-order chi connectivity index (χ1) is 14.7. The first-order valence-electron chi connectivity index (χ1n) is 11.7. The molecule has 3 heterocycles. The van der Waals surface area contributed by atoms with Crippen LogP contribution in [0.1, 0.15) is 26.2 Å². The number of likely N-dealkylation sites (tertiary alicyclic amines) is 1. The van der Waals surface area contributed by atoms with Crippen molar-refractivity contribution in [3.8, 4) is 0 Å². The monoisotopic (exact) mass is 424 g/mol. The molecule has 2 N–H and O–H groups in total. The number of aliphatic hydroxyl groups excluding tert-OH is 1. The number of nitrogens with zero attached hydrogens (tertiary/aromatic N) is 5. The van der Waals surface area contributed by atoms with Gasteiger partial charge in [-0.05, 0) is 32.7 Å². The molecule has 1 amide bonds. The highest BCUT2D eigenvalue weighted by molar-refractivity contribution is 5.80. The van der Waals surface area contributed by atoms with Crippen LogP contribution >= 0.6 is 0 Å². The number of hydrogen-bond acceptors (Lipinski definition) is 6. The van der Waals surface area contributed by atoms with Crippen molar-refractivity contribution in [2.75, 3.05) is 91.8 Å². The van der Waals surface area contributed by atoms with Crippen LogP contribution in [-0.4, -0.2) is 134 Å². The number of aliphatic hydroxyl groups is 1. The molecule has 0 saturated carbocycles. The zero-order valence-electron chi connectivity index (χ0n) is 18.6. The quantitative estimate of drug-likeness (QED) is 0.317. The van der Waals surface area contributed by atoms with E-state index in [-0.39, 0.29) is 12.0 Å². The number of carbonyl (C=O) groups excluding carboxylic acids is 1. The van der Waals surface area contributed by atoms with E-state index in [0.29, 0.717) is 32.8 Å². The fraction of sp³-hybridized carbons (Fsp3) is 0.905. The summed E-state index contributed by atoms with van der Waals surface area (Å²) in [5, 5.41) is 13.0. The highest BCUT2D eigenvalue weighted by Crippen LogP contribution is 2.10. The summed E-state index contributed by atoms with van der Waals surface area (Å²) in [7, 11) is 0. The molecular formula is C21H40N6O3. The van der Waals surface area contributed by atoms with Gasteiger partial charge in [-0.1, -0.05) is 0 Å². The second-order valence-corrected chi connectivity index (χ2v) is 8.42. The van der Waals surface area contributed by atoms with Crippen LogP contribution < -0.4 is 5.32 Å². The van der Waals surface area contributed by atoms with Gasteiger partial charge in [-0.15, -0.1) is 0 Å². The smallest absolute Gasteiger partial charge is 0.236 e. The van der Waals surface area contributed by atoms with E-state index in [1.807, 2.05) is 4.90 Å². The maximum absolute atomic E-state index is 12.5. The average molecular weight is 425 g/mol. The fourth-order valence-corrected chi connectivity index (χ4v) is 4.27. The number of amides is 1. The number of morpholine rings is 1. The number of piperidine rings is 1. The molecule has 0 aromatic heterocycles. The molecule has 0 aromatic rings. The molecule has 172 valence electrons. The molecule has 9 nitrogen and oxygen atoms in total. The topological polar surface area (TPSA) is 83.9 Å². The molecule has 0 aromatic carbocycles. The Labute approximate surface area is 181 Å². The molecule has 0 spiro atoms. The van der Waals surface area contributed by atoms with E-state index in [0.717, 1.165) is 84.1 Å². The minimum atomic E-state index is -0.109. The summed E-state index contributed by atoms with van der Waals surface area (Å²) in [4.78, 5) is 26.2. The van der Waals surface area contributed by atoms with Crippen LogP contribution in [0.25, 0.3) is 0 Å². The minimum Gasteiger partial charge on any atom is -0.393 e. The van der Waals surface area contributed by atoms with Gasteiger partial charge in [0.15, 0.2) is 5.96 Å². The van der Waals surface area contributed by atoms with Crippen LogP contribution in [-0.2, 0) is 9.53 Å². The molecular weight excluding hydrogens is 384 g/mol. The second-order valence-electron chi connectivity index (χ2n) is 8.42. The average Bonchev–Trinajstić information content (AvgIpc) is 2.78. The molecule has 0 bridgehead atoms. The Kier molecular flexibility index (Phi) is 9.64. The lowest BCUT2D eigenvalue weighted by Crippen LogP contribution is -2.55. The lowest BCUT2D eigenvalue weighted by molar-refractivity contribution is -0.136. The number of ether oxygens (including phenoxy) is 1. The van der Waals surface area contributed by atoms with Crippen molar-refractivity contribution >= 4 is 11.9 Å².